The summed E-state index contributed by atoms with van der Waals surface area (Å²) in [5.74, 6) is -1.28. The zero-order valence-corrected chi connectivity index (χ0v) is 9.04. The molecule has 1 atom stereocenters. The normalized spacial score (nSPS) is 12.1. The van der Waals surface area contributed by atoms with E-state index < -0.39 is 12.1 Å². The van der Waals surface area contributed by atoms with Crippen molar-refractivity contribution in [3.8, 4) is 0 Å². The number of benzene rings is 2. The molecule has 0 heterocycles. The Hall–Kier alpha value is -2.13. The Balaban J connectivity index is 2.44. The third-order valence-corrected chi connectivity index (χ3v) is 2.59. The molecule has 0 aliphatic heterocycles. The number of rotatable bonds is 3. The van der Waals surface area contributed by atoms with Gasteiger partial charge in [-0.05, 0) is 11.1 Å². The molecule has 3 heteroatoms. The van der Waals surface area contributed by atoms with Crippen molar-refractivity contribution < 1.29 is 15.0 Å². The zero-order chi connectivity index (χ0) is 12.3. The molecule has 3 nitrogen and oxygen atoms in total. The van der Waals surface area contributed by atoms with Gasteiger partial charge in [0.25, 0.3) is 0 Å². The summed E-state index contributed by atoms with van der Waals surface area (Å²) in [4.78, 5) is 10.9. The van der Waals surface area contributed by atoms with Gasteiger partial charge in [0.1, 0.15) is 6.10 Å². The second kappa shape index (κ2) is 4.80. The molecule has 0 radical (unpaired) electrons. The maximum Gasteiger partial charge on any atom is 0.105 e. The molecule has 17 heavy (non-hydrogen) atoms. The molecule has 0 unspecified atom stereocenters. The minimum absolute atomic E-state index is 0.0175. The highest BCUT2D eigenvalue weighted by Gasteiger charge is 2.13. The first-order valence-corrected chi connectivity index (χ1v) is 5.23. The van der Waals surface area contributed by atoms with Gasteiger partial charge >= 0.3 is 0 Å². The van der Waals surface area contributed by atoms with Gasteiger partial charge in [-0.15, -0.1) is 0 Å². The smallest absolute Gasteiger partial charge is 0.105 e. The molecular weight excluding hydrogens is 216 g/mol. The van der Waals surface area contributed by atoms with Gasteiger partial charge in [0.2, 0.25) is 0 Å². The van der Waals surface area contributed by atoms with E-state index >= 15 is 0 Å². The van der Waals surface area contributed by atoms with E-state index in [0.717, 1.165) is 0 Å². The molecule has 0 aliphatic rings. The second-order valence-corrected chi connectivity index (χ2v) is 3.69. The number of aliphatic hydroxyl groups is 1. The summed E-state index contributed by atoms with van der Waals surface area (Å²) in [5.41, 5.74) is 1.02. The van der Waals surface area contributed by atoms with Crippen molar-refractivity contribution >= 4 is 5.97 Å². The average molecular weight is 227 g/mol. The van der Waals surface area contributed by atoms with Gasteiger partial charge in [0.15, 0.2) is 0 Å². The van der Waals surface area contributed by atoms with Crippen molar-refractivity contribution in [1.29, 1.82) is 0 Å². The van der Waals surface area contributed by atoms with Crippen molar-refractivity contribution in [2.75, 3.05) is 0 Å². The van der Waals surface area contributed by atoms with Gasteiger partial charge in [-0.3, -0.25) is 0 Å². The monoisotopic (exact) mass is 227 g/mol. The van der Waals surface area contributed by atoms with Crippen molar-refractivity contribution in [1.82, 2.24) is 0 Å². The van der Waals surface area contributed by atoms with Crippen LogP contribution in [0.5, 0.6) is 0 Å². The lowest BCUT2D eigenvalue weighted by Crippen LogP contribution is -2.24. The molecule has 1 N–H and O–H groups in total. The van der Waals surface area contributed by atoms with Crippen LogP contribution in [0.1, 0.15) is 27.6 Å². The highest BCUT2D eigenvalue weighted by atomic mass is 16.4. The Morgan fingerprint density at radius 1 is 1.00 bits per heavy atom. The van der Waals surface area contributed by atoms with Crippen LogP contribution in [-0.2, 0) is 0 Å². The van der Waals surface area contributed by atoms with Crippen LogP contribution >= 0.6 is 0 Å². The van der Waals surface area contributed by atoms with Crippen LogP contribution in [0.3, 0.4) is 0 Å². The van der Waals surface area contributed by atoms with Gasteiger partial charge in [-0.1, -0.05) is 54.6 Å². The van der Waals surface area contributed by atoms with E-state index in [1.807, 2.05) is 6.07 Å². The number of carboxylic acids is 1. The molecular formula is C14H11O3-. The zero-order valence-electron chi connectivity index (χ0n) is 9.04. The lowest BCUT2D eigenvalue weighted by Gasteiger charge is -2.16. The van der Waals surface area contributed by atoms with Crippen molar-refractivity contribution in [2.24, 2.45) is 0 Å². The van der Waals surface area contributed by atoms with Crippen LogP contribution in [0.4, 0.5) is 0 Å². The van der Waals surface area contributed by atoms with E-state index in [1.165, 1.54) is 6.07 Å². The average Bonchev–Trinajstić information content (AvgIpc) is 2.39. The summed E-state index contributed by atoms with van der Waals surface area (Å²) >= 11 is 0. The van der Waals surface area contributed by atoms with Crippen LogP contribution in [-0.4, -0.2) is 11.1 Å². The number of aromatic carboxylic acids is 1. The lowest BCUT2D eigenvalue weighted by atomic mass is 9.97. The third-order valence-electron chi connectivity index (χ3n) is 2.59. The maximum absolute atomic E-state index is 10.9. The Kier molecular flexibility index (Phi) is 3.21. The molecule has 0 saturated heterocycles. The van der Waals surface area contributed by atoms with E-state index in [-0.39, 0.29) is 5.56 Å². The molecule has 0 spiro atoms. The third kappa shape index (κ3) is 2.34. The Bertz CT molecular complexity index is 520. The maximum atomic E-state index is 10.9. The van der Waals surface area contributed by atoms with Gasteiger partial charge in [0.05, 0.1) is 5.97 Å². The molecule has 86 valence electrons. The number of hydrogen-bond donors (Lipinski definition) is 1. The van der Waals surface area contributed by atoms with E-state index in [0.29, 0.717) is 11.1 Å². The van der Waals surface area contributed by atoms with Crippen LogP contribution in [0.15, 0.2) is 54.6 Å². The molecule has 0 saturated carbocycles. The van der Waals surface area contributed by atoms with Crippen molar-refractivity contribution in [3.63, 3.8) is 0 Å². The molecule has 0 aromatic heterocycles. The highest BCUT2D eigenvalue weighted by Crippen LogP contribution is 2.24. The lowest BCUT2D eigenvalue weighted by molar-refractivity contribution is -0.255. The van der Waals surface area contributed by atoms with E-state index in [1.54, 1.807) is 42.5 Å². The van der Waals surface area contributed by atoms with Crippen LogP contribution in [0.2, 0.25) is 0 Å². The minimum Gasteiger partial charge on any atom is -0.545 e. The Morgan fingerprint density at radius 3 is 2.24 bits per heavy atom. The highest BCUT2D eigenvalue weighted by molar-refractivity contribution is 5.87. The first kappa shape index (κ1) is 11.4. The number of aliphatic hydroxyl groups excluding tert-OH is 1. The predicted octanol–water partition coefficient (Wildman–Crippen LogP) is 1.13. The first-order valence-electron chi connectivity index (χ1n) is 5.23. The van der Waals surface area contributed by atoms with Crippen LogP contribution in [0.25, 0.3) is 0 Å². The SMILES string of the molecule is O=C([O-])c1ccccc1[C@H](O)c1ccccc1. The topological polar surface area (TPSA) is 60.4 Å². The fourth-order valence-corrected chi connectivity index (χ4v) is 1.74. The Morgan fingerprint density at radius 2 is 1.59 bits per heavy atom. The predicted molar refractivity (Wildman–Crippen MR) is 61.3 cm³/mol. The molecule has 0 aliphatic carbocycles. The van der Waals surface area contributed by atoms with Crippen LogP contribution < -0.4 is 5.11 Å². The molecule has 0 amide bonds. The fraction of sp³-hybridized carbons (Fsp3) is 0.0714. The van der Waals surface area contributed by atoms with Gasteiger partial charge < -0.3 is 15.0 Å². The van der Waals surface area contributed by atoms with Crippen molar-refractivity contribution in [2.45, 2.75) is 6.10 Å². The number of hydrogen-bond acceptors (Lipinski definition) is 3. The Labute approximate surface area is 99.0 Å². The first-order chi connectivity index (χ1) is 8.20. The van der Waals surface area contributed by atoms with Gasteiger partial charge in [0, 0.05) is 5.56 Å². The summed E-state index contributed by atoms with van der Waals surface area (Å²) in [6, 6.07) is 15.2. The quantitative estimate of drug-likeness (QED) is 0.855. The van der Waals surface area contributed by atoms with Gasteiger partial charge in [-0.25, -0.2) is 0 Å². The molecule has 2 aromatic rings. The summed E-state index contributed by atoms with van der Waals surface area (Å²) < 4.78 is 0. The summed E-state index contributed by atoms with van der Waals surface area (Å²) in [6.45, 7) is 0. The number of carbonyl (C=O) groups excluding carboxylic acids is 1. The summed E-state index contributed by atoms with van der Waals surface area (Å²) in [7, 11) is 0. The molecule has 0 bridgehead atoms. The van der Waals surface area contributed by atoms with Crippen LogP contribution in [0, 0.1) is 0 Å². The number of carboxylic acid groups (broad SMARTS) is 1. The van der Waals surface area contributed by atoms with Gasteiger partial charge in [-0.2, -0.15) is 0 Å². The minimum atomic E-state index is -1.28. The molecule has 2 rings (SSSR count). The molecule has 0 fully saturated rings. The van der Waals surface area contributed by atoms with E-state index in [4.69, 9.17) is 0 Å². The summed E-state index contributed by atoms with van der Waals surface area (Å²) in [5, 5.41) is 21.1. The second-order valence-electron chi connectivity index (χ2n) is 3.69. The fourth-order valence-electron chi connectivity index (χ4n) is 1.74. The standard InChI is InChI=1S/C14H12O3/c15-13(10-6-2-1-3-7-10)11-8-4-5-9-12(11)14(16)17/h1-9,13,15H,(H,16,17)/p-1/t13-/m1/s1. The van der Waals surface area contributed by atoms with Crippen molar-refractivity contribution in [3.05, 3.63) is 71.3 Å². The van der Waals surface area contributed by atoms with E-state index in [2.05, 4.69) is 0 Å². The largest absolute Gasteiger partial charge is 0.545 e. The van der Waals surface area contributed by atoms with E-state index in [9.17, 15) is 15.0 Å². The molecule has 2 aromatic carbocycles. The number of carbonyl (C=O) groups is 1. The summed E-state index contributed by atoms with van der Waals surface area (Å²) in [6.07, 6.45) is -0.953.